The Morgan fingerprint density at radius 2 is 1.93 bits per heavy atom. The third-order valence-electron chi connectivity index (χ3n) is 4.99. The second kappa shape index (κ2) is 8.39. The number of anilines is 1. The molecule has 2 saturated heterocycles. The van der Waals surface area contributed by atoms with Gasteiger partial charge < -0.3 is 15.0 Å². The van der Waals surface area contributed by atoms with Crippen molar-refractivity contribution in [3.63, 3.8) is 0 Å². The second-order valence-corrected chi connectivity index (χ2v) is 8.09. The van der Waals surface area contributed by atoms with Gasteiger partial charge in [0.25, 0.3) is 5.91 Å². The molecule has 29 heavy (non-hydrogen) atoms. The number of amidine groups is 1. The summed E-state index contributed by atoms with van der Waals surface area (Å²) in [5, 5.41) is 3.30. The van der Waals surface area contributed by atoms with Crippen molar-refractivity contribution >= 4 is 40.3 Å². The first-order valence-electron chi connectivity index (χ1n) is 9.49. The molecule has 0 unspecified atom stereocenters. The van der Waals surface area contributed by atoms with Gasteiger partial charge in [-0.25, -0.2) is 9.38 Å². The zero-order chi connectivity index (χ0) is 20.4. The topological polar surface area (TPSA) is 53.9 Å². The Morgan fingerprint density at radius 3 is 2.66 bits per heavy atom. The minimum Gasteiger partial charge on any atom is -0.378 e. The fourth-order valence-electron chi connectivity index (χ4n) is 3.22. The van der Waals surface area contributed by atoms with Crippen LogP contribution in [0.2, 0.25) is 0 Å². The number of rotatable bonds is 3. The van der Waals surface area contributed by atoms with Crippen LogP contribution in [0.4, 0.5) is 15.8 Å². The molecule has 0 saturated carbocycles. The summed E-state index contributed by atoms with van der Waals surface area (Å²) < 4.78 is 19.9. The molecule has 1 amide bonds. The number of aliphatic imine (C=N–C) groups is 1. The number of nitrogens with one attached hydrogen (secondary N) is 1. The molecular weight excluding hydrogens is 389 g/mol. The summed E-state index contributed by atoms with van der Waals surface area (Å²) in [5.41, 5.74) is 4.34. The predicted octanol–water partition coefficient (Wildman–Crippen LogP) is 4.17. The Bertz CT molecular complexity index is 1010. The van der Waals surface area contributed by atoms with Crippen LogP contribution in [-0.4, -0.2) is 37.4 Å². The van der Waals surface area contributed by atoms with E-state index in [4.69, 9.17) is 4.74 Å². The number of halogens is 1. The summed E-state index contributed by atoms with van der Waals surface area (Å²) in [6.45, 7) is 6.62. The van der Waals surface area contributed by atoms with Gasteiger partial charge in [-0.3, -0.25) is 4.79 Å². The number of thioether (sulfide) groups is 1. The molecule has 2 aromatic carbocycles. The molecule has 5 nitrogen and oxygen atoms in total. The highest BCUT2D eigenvalue weighted by atomic mass is 32.2. The van der Waals surface area contributed by atoms with Crippen LogP contribution < -0.4 is 10.2 Å². The number of carbonyl (C=O) groups excluding carboxylic acids is 1. The average Bonchev–Trinajstić information content (AvgIpc) is 3.04. The van der Waals surface area contributed by atoms with Gasteiger partial charge in [-0.2, -0.15) is 0 Å². The fraction of sp³-hybridized carbons (Fsp3) is 0.273. The van der Waals surface area contributed by atoms with Gasteiger partial charge in [-0.05, 0) is 72.6 Å². The van der Waals surface area contributed by atoms with Crippen LogP contribution in [0.15, 0.2) is 46.3 Å². The van der Waals surface area contributed by atoms with Crippen LogP contribution in [0.5, 0.6) is 0 Å². The monoisotopic (exact) mass is 411 g/mol. The minimum absolute atomic E-state index is 0.227. The van der Waals surface area contributed by atoms with Crippen molar-refractivity contribution in [2.45, 2.75) is 13.8 Å². The summed E-state index contributed by atoms with van der Waals surface area (Å²) in [5.74, 6) is -0.524. The molecule has 2 aliphatic rings. The smallest absolute Gasteiger partial charge is 0.264 e. The Balaban J connectivity index is 1.52. The Labute approximate surface area is 173 Å². The van der Waals surface area contributed by atoms with Crippen LogP contribution in [0.25, 0.3) is 6.08 Å². The summed E-state index contributed by atoms with van der Waals surface area (Å²) in [6.07, 6.45) is 1.69. The highest BCUT2D eigenvalue weighted by molar-refractivity contribution is 8.18. The Morgan fingerprint density at radius 1 is 1.14 bits per heavy atom. The van der Waals surface area contributed by atoms with Gasteiger partial charge >= 0.3 is 0 Å². The van der Waals surface area contributed by atoms with E-state index in [1.165, 1.54) is 23.4 Å². The fourth-order valence-corrected chi connectivity index (χ4v) is 4.06. The van der Waals surface area contributed by atoms with E-state index in [9.17, 15) is 9.18 Å². The molecule has 0 bridgehead atoms. The number of hydrogen-bond donors (Lipinski definition) is 1. The Hall–Kier alpha value is -2.64. The van der Waals surface area contributed by atoms with Crippen molar-refractivity contribution in [3.05, 3.63) is 63.8 Å². The second-order valence-electron chi connectivity index (χ2n) is 7.06. The van der Waals surface area contributed by atoms with Crippen molar-refractivity contribution in [1.29, 1.82) is 0 Å². The van der Waals surface area contributed by atoms with Crippen LogP contribution >= 0.6 is 11.8 Å². The molecule has 0 aromatic heterocycles. The molecule has 2 fully saturated rings. The van der Waals surface area contributed by atoms with Crippen molar-refractivity contribution in [2.75, 3.05) is 31.2 Å². The summed E-state index contributed by atoms with van der Waals surface area (Å²) in [7, 11) is 0. The maximum absolute atomic E-state index is 14.6. The normalized spacial score (nSPS) is 19.8. The highest BCUT2D eigenvalue weighted by Gasteiger charge is 2.24. The largest absolute Gasteiger partial charge is 0.378 e. The molecule has 0 spiro atoms. The lowest BCUT2D eigenvalue weighted by atomic mass is 10.1. The van der Waals surface area contributed by atoms with E-state index in [1.54, 1.807) is 12.1 Å². The number of ether oxygens (including phenoxy) is 1. The quantitative estimate of drug-likeness (QED) is 0.771. The van der Waals surface area contributed by atoms with Gasteiger partial charge in [0.15, 0.2) is 5.17 Å². The molecule has 4 rings (SSSR count). The first kappa shape index (κ1) is 19.7. The van der Waals surface area contributed by atoms with Crippen LogP contribution in [0.1, 0.15) is 16.7 Å². The van der Waals surface area contributed by atoms with Crippen molar-refractivity contribution < 1.29 is 13.9 Å². The van der Waals surface area contributed by atoms with E-state index in [0.717, 1.165) is 11.3 Å². The molecule has 2 heterocycles. The van der Waals surface area contributed by atoms with Crippen molar-refractivity contribution in [2.24, 2.45) is 4.99 Å². The molecule has 2 aliphatic heterocycles. The number of aryl methyl sites for hydroxylation is 2. The first-order valence-corrected chi connectivity index (χ1v) is 10.3. The zero-order valence-corrected chi connectivity index (χ0v) is 17.2. The minimum atomic E-state index is -0.298. The third-order valence-corrected chi connectivity index (χ3v) is 5.90. The van der Waals surface area contributed by atoms with Gasteiger partial charge in [0.2, 0.25) is 0 Å². The van der Waals surface area contributed by atoms with Crippen molar-refractivity contribution in [3.8, 4) is 0 Å². The van der Waals surface area contributed by atoms with Gasteiger partial charge in [-0.1, -0.05) is 12.1 Å². The molecule has 0 radical (unpaired) electrons. The third kappa shape index (κ3) is 4.52. The molecular formula is C22H22FN3O2S. The number of benzene rings is 2. The van der Waals surface area contributed by atoms with E-state index >= 15 is 0 Å². The van der Waals surface area contributed by atoms with Crippen LogP contribution in [0, 0.1) is 19.7 Å². The predicted molar refractivity (Wildman–Crippen MR) is 116 cm³/mol. The highest BCUT2D eigenvalue weighted by Crippen LogP contribution is 2.30. The van der Waals surface area contributed by atoms with E-state index in [0.29, 0.717) is 47.6 Å². The molecule has 7 heteroatoms. The van der Waals surface area contributed by atoms with Crippen LogP contribution in [-0.2, 0) is 9.53 Å². The average molecular weight is 412 g/mol. The van der Waals surface area contributed by atoms with E-state index in [2.05, 4.69) is 10.3 Å². The maximum atomic E-state index is 14.6. The van der Waals surface area contributed by atoms with E-state index in [1.807, 2.05) is 43.0 Å². The SMILES string of the molecule is Cc1ccc(N=C2NC(=O)/C(=C/c3ccc(N4CCOCC4)c(F)c3)S2)cc1C. The van der Waals surface area contributed by atoms with Crippen LogP contribution in [0.3, 0.4) is 0 Å². The summed E-state index contributed by atoms with van der Waals surface area (Å²) in [4.78, 5) is 19.3. The lowest BCUT2D eigenvalue weighted by Gasteiger charge is -2.29. The lowest BCUT2D eigenvalue weighted by Crippen LogP contribution is -2.36. The zero-order valence-electron chi connectivity index (χ0n) is 16.4. The van der Waals surface area contributed by atoms with E-state index in [-0.39, 0.29) is 11.7 Å². The number of morpholine rings is 1. The maximum Gasteiger partial charge on any atom is 0.264 e. The molecule has 1 N–H and O–H groups in total. The molecule has 0 atom stereocenters. The number of hydrogen-bond acceptors (Lipinski definition) is 5. The molecule has 2 aromatic rings. The number of amides is 1. The van der Waals surface area contributed by atoms with Crippen molar-refractivity contribution in [1.82, 2.24) is 5.32 Å². The summed E-state index contributed by atoms with van der Waals surface area (Å²) >= 11 is 1.26. The molecule has 150 valence electrons. The number of carbonyl (C=O) groups is 1. The lowest BCUT2D eigenvalue weighted by molar-refractivity contribution is -0.115. The Kier molecular flexibility index (Phi) is 5.69. The van der Waals surface area contributed by atoms with Gasteiger partial charge in [0.05, 0.1) is 29.5 Å². The number of nitrogens with zero attached hydrogens (tertiary/aromatic N) is 2. The molecule has 0 aliphatic carbocycles. The van der Waals surface area contributed by atoms with E-state index < -0.39 is 0 Å². The summed E-state index contributed by atoms with van der Waals surface area (Å²) in [6, 6.07) is 11.0. The van der Waals surface area contributed by atoms with Gasteiger partial charge in [-0.15, -0.1) is 0 Å². The van der Waals surface area contributed by atoms with Gasteiger partial charge in [0.1, 0.15) is 5.82 Å². The van der Waals surface area contributed by atoms with Gasteiger partial charge in [0, 0.05) is 13.1 Å². The first-order chi connectivity index (χ1) is 14.0. The standard InChI is InChI=1S/C22H22FN3O2S/c1-14-3-5-17(11-15(14)2)24-22-25-21(27)20(29-22)13-16-4-6-19(18(23)12-16)26-7-9-28-10-8-26/h3-6,11-13H,7-10H2,1-2H3,(H,24,25,27)/b20-13-.